The highest BCUT2D eigenvalue weighted by molar-refractivity contribution is 5.64. The van der Waals surface area contributed by atoms with Gasteiger partial charge < -0.3 is 9.47 Å². The SMILES string of the molecule is CCCCOC(=O)Oc1ccccc1CC. The molecule has 0 aliphatic heterocycles. The molecule has 0 aliphatic rings. The fourth-order valence-corrected chi connectivity index (χ4v) is 1.31. The number of carbonyl (C=O) groups is 1. The van der Waals surface area contributed by atoms with Crippen molar-refractivity contribution < 1.29 is 14.3 Å². The number of para-hydroxylation sites is 1. The van der Waals surface area contributed by atoms with Gasteiger partial charge in [-0.2, -0.15) is 0 Å². The molecular formula is C13H18O3. The van der Waals surface area contributed by atoms with E-state index in [9.17, 15) is 4.79 Å². The van der Waals surface area contributed by atoms with Crippen molar-refractivity contribution >= 4 is 6.16 Å². The van der Waals surface area contributed by atoms with Crippen LogP contribution in [0.1, 0.15) is 32.3 Å². The normalized spacial score (nSPS) is 9.88. The summed E-state index contributed by atoms with van der Waals surface area (Å²) in [4.78, 5) is 11.3. The number of carbonyl (C=O) groups excluding carboxylic acids is 1. The topological polar surface area (TPSA) is 35.5 Å². The predicted octanol–water partition coefficient (Wildman–Crippen LogP) is 3.56. The van der Waals surface area contributed by atoms with Crippen molar-refractivity contribution in [1.82, 2.24) is 0 Å². The van der Waals surface area contributed by atoms with Crippen molar-refractivity contribution in [2.45, 2.75) is 33.1 Å². The maximum absolute atomic E-state index is 11.3. The lowest BCUT2D eigenvalue weighted by Crippen LogP contribution is -2.12. The van der Waals surface area contributed by atoms with Gasteiger partial charge in [0, 0.05) is 0 Å². The minimum atomic E-state index is -0.616. The maximum atomic E-state index is 11.3. The molecular weight excluding hydrogens is 204 g/mol. The molecule has 0 N–H and O–H groups in total. The van der Waals surface area contributed by atoms with Crippen LogP contribution >= 0.6 is 0 Å². The van der Waals surface area contributed by atoms with Gasteiger partial charge >= 0.3 is 6.16 Å². The van der Waals surface area contributed by atoms with Gasteiger partial charge in [-0.3, -0.25) is 0 Å². The molecule has 0 radical (unpaired) electrons. The van der Waals surface area contributed by atoms with Crippen molar-refractivity contribution in [2.75, 3.05) is 6.61 Å². The molecule has 0 saturated heterocycles. The second-order valence-corrected chi connectivity index (χ2v) is 3.52. The molecule has 0 heterocycles. The molecule has 88 valence electrons. The molecule has 1 rings (SSSR count). The van der Waals surface area contributed by atoms with Gasteiger partial charge in [-0.25, -0.2) is 4.79 Å². The van der Waals surface area contributed by atoms with E-state index in [4.69, 9.17) is 9.47 Å². The number of ether oxygens (including phenoxy) is 2. The smallest absolute Gasteiger partial charge is 0.434 e. The summed E-state index contributed by atoms with van der Waals surface area (Å²) in [7, 11) is 0. The Bertz CT molecular complexity index is 334. The summed E-state index contributed by atoms with van der Waals surface area (Å²) in [6.07, 6.45) is 2.08. The van der Waals surface area contributed by atoms with E-state index in [0.29, 0.717) is 12.4 Å². The van der Waals surface area contributed by atoms with E-state index >= 15 is 0 Å². The number of rotatable bonds is 5. The van der Waals surface area contributed by atoms with Crippen LogP contribution in [0.25, 0.3) is 0 Å². The van der Waals surface area contributed by atoms with Gasteiger partial charge in [0.1, 0.15) is 5.75 Å². The van der Waals surface area contributed by atoms with Crippen LogP contribution in [0.15, 0.2) is 24.3 Å². The molecule has 0 aliphatic carbocycles. The third-order valence-corrected chi connectivity index (χ3v) is 2.26. The quantitative estimate of drug-likeness (QED) is 0.434. The first-order chi connectivity index (χ1) is 7.77. The Morgan fingerprint density at radius 3 is 2.69 bits per heavy atom. The molecule has 0 saturated carbocycles. The molecule has 1 aromatic rings. The van der Waals surface area contributed by atoms with Gasteiger partial charge in [0.2, 0.25) is 0 Å². The highest BCUT2D eigenvalue weighted by Crippen LogP contribution is 2.18. The van der Waals surface area contributed by atoms with Crippen LogP contribution in [-0.2, 0) is 11.2 Å². The van der Waals surface area contributed by atoms with Crippen LogP contribution < -0.4 is 4.74 Å². The lowest BCUT2D eigenvalue weighted by Gasteiger charge is -2.08. The average molecular weight is 222 g/mol. The first-order valence-electron chi connectivity index (χ1n) is 5.70. The summed E-state index contributed by atoms with van der Waals surface area (Å²) in [6, 6.07) is 7.48. The van der Waals surface area contributed by atoms with Gasteiger partial charge in [0.15, 0.2) is 0 Å². The van der Waals surface area contributed by atoms with E-state index in [1.54, 1.807) is 6.07 Å². The van der Waals surface area contributed by atoms with Crippen molar-refractivity contribution in [3.8, 4) is 5.75 Å². The van der Waals surface area contributed by atoms with Crippen LogP contribution in [0.3, 0.4) is 0 Å². The van der Waals surface area contributed by atoms with Crippen LogP contribution in [0.2, 0.25) is 0 Å². The lowest BCUT2D eigenvalue weighted by atomic mass is 10.1. The second-order valence-electron chi connectivity index (χ2n) is 3.52. The largest absolute Gasteiger partial charge is 0.513 e. The van der Waals surface area contributed by atoms with Gasteiger partial charge in [0.05, 0.1) is 6.61 Å². The number of hydrogen-bond donors (Lipinski definition) is 0. The Morgan fingerprint density at radius 2 is 2.00 bits per heavy atom. The van der Waals surface area contributed by atoms with E-state index < -0.39 is 6.16 Å². The number of benzene rings is 1. The van der Waals surface area contributed by atoms with Crippen LogP contribution in [-0.4, -0.2) is 12.8 Å². The first kappa shape index (κ1) is 12.6. The van der Waals surface area contributed by atoms with Gasteiger partial charge in [-0.05, 0) is 24.5 Å². The summed E-state index contributed by atoms with van der Waals surface area (Å²) in [5, 5.41) is 0. The summed E-state index contributed by atoms with van der Waals surface area (Å²) >= 11 is 0. The lowest BCUT2D eigenvalue weighted by molar-refractivity contribution is 0.0975. The molecule has 0 spiro atoms. The summed E-state index contributed by atoms with van der Waals surface area (Å²) in [5.41, 5.74) is 1.01. The first-order valence-corrected chi connectivity index (χ1v) is 5.70. The standard InChI is InChI=1S/C13H18O3/c1-3-5-10-15-13(14)16-12-9-7-6-8-11(12)4-2/h6-9H,3-5,10H2,1-2H3. The van der Waals surface area contributed by atoms with Gasteiger partial charge in [0.25, 0.3) is 0 Å². The zero-order valence-corrected chi connectivity index (χ0v) is 9.86. The minimum Gasteiger partial charge on any atom is -0.434 e. The average Bonchev–Trinajstić information content (AvgIpc) is 2.30. The fraction of sp³-hybridized carbons (Fsp3) is 0.462. The molecule has 0 atom stereocenters. The molecule has 0 unspecified atom stereocenters. The molecule has 3 nitrogen and oxygen atoms in total. The molecule has 0 amide bonds. The van der Waals surface area contributed by atoms with Crippen LogP contribution in [0.4, 0.5) is 4.79 Å². The Balaban J connectivity index is 2.49. The predicted molar refractivity (Wildman–Crippen MR) is 62.7 cm³/mol. The zero-order valence-electron chi connectivity index (χ0n) is 9.86. The highest BCUT2D eigenvalue weighted by atomic mass is 16.7. The second kappa shape index (κ2) is 6.88. The van der Waals surface area contributed by atoms with E-state index in [0.717, 1.165) is 24.8 Å². The Hall–Kier alpha value is -1.51. The molecule has 1 aromatic carbocycles. The van der Waals surface area contributed by atoms with Crippen molar-refractivity contribution in [3.63, 3.8) is 0 Å². The van der Waals surface area contributed by atoms with E-state index in [1.807, 2.05) is 32.0 Å². The van der Waals surface area contributed by atoms with Gasteiger partial charge in [-0.15, -0.1) is 0 Å². The molecule has 0 aromatic heterocycles. The molecule has 3 heteroatoms. The van der Waals surface area contributed by atoms with Gasteiger partial charge in [-0.1, -0.05) is 38.5 Å². The highest BCUT2D eigenvalue weighted by Gasteiger charge is 2.08. The van der Waals surface area contributed by atoms with Crippen molar-refractivity contribution in [3.05, 3.63) is 29.8 Å². The Labute approximate surface area is 96.4 Å². The van der Waals surface area contributed by atoms with Crippen LogP contribution in [0.5, 0.6) is 5.75 Å². The van der Waals surface area contributed by atoms with E-state index in [1.165, 1.54) is 0 Å². The maximum Gasteiger partial charge on any atom is 0.513 e. The van der Waals surface area contributed by atoms with E-state index in [2.05, 4.69) is 0 Å². The number of aryl methyl sites for hydroxylation is 1. The monoisotopic (exact) mass is 222 g/mol. The molecule has 16 heavy (non-hydrogen) atoms. The summed E-state index contributed by atoms with van der Waals surface area (Å²) < 4.78 is 10.0. The third kappa shape index (κ3) is 3.93. The summed E-state index contributed by atoms with van der Waals surface area (Å²) in [5.74, 6) is 0.589. The third-order valence-electron chi connectivity index (χ3n) is 2.26. The fourth-order valence-electron chi connectivity index (χ4n) is 1.31. The van der Waals surface area contributed by atoms with E-state index in [-0.39, 0.29) is 0 Å². The van der Waals surface area contributed by atoms with Crippen LogP contribution in [0, 0.1) is 0 Å². The van der Waals surface area contributed by atoms with Crippen molar-refractivity contribution in [1.29, 1.82) is 0 Å². The van der Waals surface area contributed by atoms with Crippen molar-refractivity contribution in [2.24, 2.45) is 0 Å². The Kier molecular flexibility index (Phi) is 5.40. The molecule has 0 fully saturated rings. The Morgan fingerprint density at radius 1 is 1.25 bits per heavy atom. The zero-order chi connectivity index (χ0) is 11.8. The number of unbranched alkanes of at least 4 members (excludes halogenated alkanes) is 1. The minimum absolute atomic E-state index is 0.420. The summed E-state index contributed by atoms with van der Waals surface area (Å²) in [6.45, 7) is 4.48. The number of hydrogen-bond acceptors (Lipinski definition) is 3. The molecule has 0 bridgehead atoms.